The predicted octanol–water partition coefficient (Wildman–Crippen LogP) is 2.36. The lowest BCUT2D eigenvalue weighted by molar-refractivity contribution is -0.121. The van der Waals surface area contributed by atoms with E-state index >= 15 is 0 Å². The smallest absolute Gasteiger partial charge is 0.242 e. The number of aryl methyl sites for hydroxylation is 2. The zero-order valence-corrected chi connectivity index (χ0v) is 12.7. The minimum absolute atomic E-state index is 0.0735. The number of fused-ring (bicyclic) bond motifs is 1. The van der Waals surface area contributed by atoms with E-state index in [0.717, 1.165) is 16.6 Å². The summed E-state index contributed by atoms with van der Waals surface area (Å²) in [4.78, 5) is 12.1. The summed E-state index contributed by atoms with van der Waals surface area (Å²) < 4.78 is 1.62. The van der Waals surface area contributed by atoms with Crippen molar-refractivity contribution in [2.45, 2.75) is 26.9 Å². The van der Waals surface area contributed by atoms with Crippen molar-refractivity contribution in [3.8, 4) is 0 Å². The van der Waals surface area contributed by atoms with E-state index in [2.05, 4.69) is 47.7 Å². The van der Waals surface area contributed by atoms with Gasteiger partial charge in [0.05, 0.1) is 5.52 Å². The SMILES string of the molecule is Cc1ccc(CNC(=O)Cn2nnc3ccccc32)c(C)c1. The highest BCUT2D eigenvalue weighted by Crippen LogP contribution is 2.11. The number of nitrogens with one attached hydrogen (secondary N) is 1. The van der Waals surface area contributed by atoms with Gasteiger partial charge < -0.3 is 5.32 Å². The molecule has 1 aromatic heterocycles. The maximum atomic E-state index is 12.1. The third-order valence-corrected chi connectivity index (χ3v) is 3.69. The molecule has 1 N–H and O–H groups in total. The molecule has 0 bridgehead atoms. The van der Waals surface area contributed by atoms with Gasteiger partial charge >= 0.3 is 0 Å². The largest absolute Gasteiger partial charge is 0.350 e. The molecule has 5 nitrogen and oxygen atoms in total. The number of benzene rings is 2. The van der Waals surface area contributed by atoms with Crippen LogP contribution in [0.25, 0.3) is 11.0 Å². The van der Waals surface area contributed by atoms with Gasteiger partial charge in [0.2, 0.25) is 5.91 Å². The third kappa shape index (κ3) is 2.98. The van der Waals surface area contributed by atoms with Crippen LogP contribution in [-0.4, -0.2) is 20.9 Å². The second-order valence-corrected chi connectivity index (χ2v) is 5.44. The van der Waals surface area contributed by atoms with Crippen molar-refractivity contribution in [3.63, 3.8) is 0 Å². The zero-order valence-electron chi connectivity index (χ0n) is 12.7. The first-order valence-corrected chi connectivity index (χ1v) is 7.24. The van der Waals surface area contributed by atoms with Crippen LogP contribution in [-0.2, 0) is 17.9 Å². The summed E-state index contributed by atoms with van der Waals surface area (Å²) in [6, 6.07) is 13.8. The minimum Gasteiger partial charge on any atom is -0.350 e. The molecule has 0 unspecified atom stereocenters. The van der Waals surface area contributed by atoms with Crippen molar-refractivity contribution < 1.29 is 4.79 Å². The van der Waals surface area contributed by atoms with Gasteiger partial charge in [-0.05, 0) is 37.1 Å². The Balaban J connectivity index is 1.65. The first-order valence-electron chi connectivity index (χ1n) is 7.24. The van der Waals surface area contributed by atoms with E-state index in [9.17, 15) is 4.79 Å². The summed E-state index contributed by atoms with van der Waals surface area (Å²) >= 11 is 0. The molecule has 0 aliphatic carbocycles. The molecule has 5 heteroatoms. The molecular weight excluding hydrogens is 276 g/mol. The third-order valence-electron chi connectivity index (χ3n) is 3.69. The van der Waals surface area contributed by atoms with Gasteiger partial charge in [-0.2, -0.15) is 0 Å². The Morgan fingerprint density at radius 2 is 2.00 bits per heavy atom. The monoisotopic (exact) mass is 294 g/mol. The molecule has 0 fully saturated rings. The van der Waals surface area contributed by atoms with Gasteiger partial charge in [0.15, 0.2) is 0 Å². The molecular formula is C17H18N4O. The van der Waals surface area contributed by atoms with Crippen LogP contribution < -0.4 is 5.32 Å². The maximum absolute atomic E-state index is 12.1. The topological polar surface area (TPSA) is 59.8 Å². The lowest BCUT2D eigenvalue weighted by Gasteiger charge is -2.09. The molecule has 0 saturated heterocycles. The first-order chi connectivity index (χ1) is 10.6. The van der Waals surface area contributed by atoms with Gasteiger partial charge in [0.25, 0.3) is 0 Å². The van der Waals surface area contributed by atoms with Crippen LogP contribution in [0, 0.1) is 13.8 Å². The number of carbonyl (C=O) groups excluding carboxylic acids is 1. The molecule has 3 aromatic rings. The molecule has 0 saturated carbocycles. The van der Waals surface area contributed by atoms with E-state index in [4.69, 9.17) is 0 Å². The molecule has 0 atom stereocenters. The lowest BCUT2D eigenvalue weighted by atomic mass is 10.1. The Labute approximate surface area is 129 Å². The Bertz CT molecular complexity index is 822. The summed E-state index contributed by atoms with van der Waals surface area (Å²) in [5, 5.41) is 11.0. The minimum atomic E-state index is -0.0735. The van der Waals surface area contributed by atoms with Gasteiger partial charge in [0, 0.05) is 6.54 Å². The second kappa shape index (κ2) is 5.97. The summed E-state index contributed by atoms with van der Waals surface area (Å²) in [6.45, 7) is 4.81. The fourth-order valence-corrected chi connectivity index (χ4v) is 2.46. The maximum Gasteiger partial charge on any atom is 0.242 e. The van der Waals surface area contributed by atoms with E-state index in [0.29, 0.717) is 6.54 Å². The average Bonchev–Trinajstić information content (AvgIpc) is 2.90. The quantitative estimate of drug-likeness (QED) is 0.803. The standard InChI is InChI=1S/C17H18N4O/c1-12-7-8-14(13(2)9-12)10-18-17(22)11-21-16-6-4-3-5-15(16)19-20-21/h3-9H,10-11H2,1-2H3,(H,18,22). The highest BCUT2D eigenvalue weighted by atomic mass is 16.2. The Kier molecular flexibility index (Phi) is 3.87. The number of para-hydroxylation sites is 1. The molecule has 1 heterocycles. The number of aromatic nitrogens is 3. The number of amides is 1. The van der Waals surface area contributed by atoms with E-state index in [-0.39, 0.29) is 12.5 Å². The van der Waals surface area contributed by atoms with E-state index < -0.39 is 0 Å². The summed E-state index contributed by atoms with van der Waals surface area (Å²) in [7, 11) is 0. The molecule has 0 radical (unpaired) electrons. The summed E-state index contributed by atoms with van der Waals surface area (Å²) in [6.07, 6.45) is 0. The highest BCUT2D eigenvalue weighted by molar-refractivity contribution is 5.79. The van der Waals surface area contributed by atoms with Crippen LogP contribution in [0.3, 0.4) is 0 Å². The molecule has 22 heavy (non-hydrogen) atoms. The van der Waals surface area contributed by atoms with E-state index in [1.807, 2.05) is 24.3 Å². The van der Waals surface area contributed by atoms with Gasteiger partial charge in [-0.25, -0.2) is 4.68 Å². The van der Waals surface area contributed by atoms with Crippen molar-refractivity contribution in [1.29, 1.82) is 0 Å². The Hall–Kier alpha value is -2.69. The number of hydrogen-bond acceptors (Lipinski definition) is 3. The zero-order chi connectivity index (χ0) is 15.5. The van der Waals surface area contributed by atoms with Crippen LogP contribution >= 0.6 is 0 Å². The Morgan fingerprint density at radius 1 is 1.18 bits per heavy atom. The fourth-order valence-electron chi connectivity index (χ4n) is 2.46. The highest BCUT2D eigenvalue weighted by Gasteiger charge is 2.08. The van der Waals surface area contributed by atoms with E-state index in [1.165, 1.54) is 11.1 Å². The number of rotatable bonds is 4. The van der Waals surface area contributed by atoms with Gasteiger partial charge in [-0.15, -0.1) is 5.10 Å². The van der Waals surface area contributed by atoms with Crippen LogP contribution in [0.4, 0.5) is 0 Å². The van der Waals surface area contributed by atoms with Crippen molar-refractivity contribution >= 4 is 16.9 Å². The van der Waals surface area contributed by atoms with Gasteiger partial charge in [-0.3, -0.25) is 4.79 Å². The normalized spacial score (nSPS) is 10.8. The van der Waals surface area contributed by atoms with Crippen LogP contribution in [0.2, 0.25) is 0 Å². The first kappa shape index (κ1) is 14.3. The molecule has 1 amide bonds. The summed E-state index contributed by atoms with van der Waals surface area (Å²) in [5.41, 5.74) is 5.20. The van der Waals surface area contributed by atoms with E-state index in [1.54, 1.807) is 4.68 Å². The number of carbonyl (C=O) groups is 1. The fraction of sp³-hybridized carbons (Fsp3) is 0.235. The van der Waals surface area contributed by atoms with Crippen molar-refractivity contribution in [1.82, 2.24) is 20.3 Å². The van der Waals surface area contributed by atoms with Crippen LogP contribution in [0.15, 0.2) is 42.5 Å². The molecule has 0 spiro atoms. The average molecular weight is 294 g/mol. The Morgan fingerprint density at radius 3 is 2.82 bits per heavy atom. The van der Waals surface area contributed by atoms with Crippen molar-refractivity contribution in [2.75, 3.05) is 0 Å². The number of nitrogens with zero attached hydrogens (tertiary/aromatic N) is 3. The molecule has 3 rings (SSSR count). The van der Waals surface area contributed by atoms with Crippen molar-refractivity contribution in [3.05, 3.63) is 59.2 Å². The van der Waals surface area contributed by atoms with Crippen LogP contribution in [0.1, 0.15) is 16.7 Å². The molecule has 0 aliphatic heterocycles. The second-order valence-electron chi connectivity index (χ2n) is 5.44. The molecule has 2 aromatic carbocycles. The van der Waals surface area contributed by atoms with Crippen molar-refractivity contribution in [2.24, 2.45) is 0 Å². The molecule has 112 valence electrons. The summed E-state index contributed by atoms with van der Waals surface area (Å²) in [5.74, 6) is -0.0735. The van der Waals surface area contributed by atoms with Gasteiger partial charge in [0.1, 0.15) is 12.1 Å². The van der Waals surface area contributed by atoms with Gasteiger partial charge in [-0.1, -0.05) is 41.1 Å². The van der Waals surface area contributed by atoms with Crippen LogP contribution in [0.5, 0.6) is 0 Å². The molecule has 0 aliphatic rings. The number of hydrogen-bond donors (Lipinski definition) is 1. The predicted molar refractivity (Wildman–Crippen MR) is 85.3 cm³/mol. The lowest BCUT2D eigenvalue weighted by Crippen LogP contribution is -2.27.